The summed E-state index contributed by atoms with van der Waals surface area (Å²) in [4.78, 5) is 24.0. The number of aliphatic hydroxyl groups excluding tert-OH is 1. The van der Waals surface area contributed by atoms with Crippen molar-refractivity contribution in [2.24, 2.45) is 34.0 Å². The van der Waals surface area contributed by atoms with Crippen molar-refractivity contribution in [3.05, 3.63) is 34.9 Å². The number of aliphatic carboxylic acids is 2. The van der Waals surface area contributed by atoms with Crippen molar-refractivity contribution in [3.8, 4) is 0 Å². The zero-order chi connectivity index (χ0) is 26.3. The number of hydrogen-bond acceptors (Lipinski definition) is 3. The average molecular weight is 487 g/mol. The highest BCUT2D eigenvalue weighted by Gasteiger charge is 2.65. The molecule has 2 unspecified atom stereocenters. The van der Waals surface area contributed by atoms with Gasteiger partial charge in [0, 0.05) is 12.3 Å². The van der Waals surface area contributed by atoms with Gasteiger partial charge in [-0.3, -0.25) is 9.59 Å². The van der Waals surface area contributed by atoms with E-state index in [4.69, 9.17) is 0 Å². The van der Waals surface area contributed by atoms with Crippen LogP contribution >= 0.6 is 0 Å². The third-order valence-corrected chi connectivity index (χ3v) is 10.3. The number of aliphatic hydroxyl groups is 1. The molecule has 5 heteroatoms. The molecule has 3 aliphatic rings. The van der Waals surface area contributed by atoms with Gasteiger partial charge in [-0.15, -0.1) is 0 Å². The van der Waals surface area contributed by atoms with Crippen LogP contribution in [0, 0.1) is 34.0 Å². The first-order valence-electron chi connectivity index (χ1n) is 13.3. The maximum absolute atomic E-state index is 12.5. The molecule has 0 heterocycles. The molecule has 0 aromatic heterocycles. The number of rotatable bonds is 9. The van der Waals surface area contributed by atoms with Gasteiger partial charge < -0.3 is 15.3 Å². The van der Waals surface area contributed by atoms with E-state index in [1.165, 1.54) is 16.7 Å². The molecule has 3 rings (SSSR count). The number of carbonyl (C=O) groups is 2. The quantitative estimate of drug-likeness (QED) is 0.312. The van der Waals surface area contributed by atoms with Gasteiger partial charge in [0.05, 0.1) is 12.0 Å². The SMILES string of the molecule is C=C(C)C1CCC2=C(CC[C@]3(C)[C@@H](C(CCC=C(C)C)C(=O)O)[C@H](O)C[C@@]23C)[C@@]1(C)CCC(=O)O. The molecule has 0 radical (unpaired) electrons. The fourth-order valence-electron chi connectivity index (χ4n) is 8.43. The van der Waals surface area contributed by atoms with Crippen LogP contribution in [0.2, 0.25) is 0 Å². The van der Waals surface area contributed by atoms with E-state index in [0.717, 1.165) is 31.3 Å². The highest BCUT2D eigenvalue weighted by atomic mass is 16.4. The Kier molecular flexibility index (Phi) is 7.82. The van der Waals surface area contributed by atoms with Crippen molar-refractivity contribution in [1.82, 2.24) is 0 Å². The molecule has 1 fully saturated rings. The molecule has 0 spiro atoms. The summed E-state index contributed by atoms with van der Waals surface area (Å²) in [6, 6.07) is 0. The van der Waals surface area contributed by atoms with Crippen LogP contribution in [-0.2, 0) is 9.59 Å². The summed E-state index contributed by atoms with van der Waals surface area (Å²) in [6.07, 6.45) is 7.46. The molecule has 0 bridgehead atoms. The Morgan fingerprint density at radius 2 is 1.77 bits per heavy atom. The highest BCUT2D eigenvalue weighted by molar-refractivity contribution is 5.71. The van der Waals surface area contributed by atoms with Gasteiger partial charge in [0.2, 0.25) is 0 Å². The molecule has 7 atom stereocenters. The van der Waals surface area contributed by atoms with E-state index < -0.39 is 24.0 Å². The predicted octanol–water partition coefficient (Wildman–Crippen LogP) is 6.77. The van der Waals surface area contributed by atoms with E-state index in [1.54, 1.807) is 0 Å². The van der Waals surface area contributed by atoms with Crippen molar-refractivity contribution in [1.29, 1.82) is 0 Å². The summed E-state index contributed by atoms with van der Waals surface area (Å²) >= 11 is 0. The van der Waals surface area contributed by atoms with E-state index in [-0.39, 0.29) is 34.5 Å². The second-order valence-corrected chi connectivity index (χ2v) is 12.6. The van der Waals surface area contributed by atoms with Crippen LogP contribution in [0.3, 0.4) is 0 Å². The van der Waals surface area contributed by atoms with Crippen LogP contribution in [0.5, 0.6) is 0 Å². The van der Waals surface area contributed by atoms with Gasteiger partial charge in [-0.25, -0.2) is 0 Å². The standard InChI is InChI=1S/C30H46O5/c1-18(2)9-8-10-20(27(34)35)26-24(31)17-30(7)23-12-11-21(19(3)4)28(5,15-14-25(32)33)22(23)13-16-29(26,30)6/h9,20-21,24,26,31H,3,8,10-17H2,1-2,4-7H3,(H,32,33)(H,34,35)/t20?,21?,24-,26+,28+,29-,30+/m1/s1. The van der Waals surface area contributed by atoms with E-state index >= 15 is 0 Å². The zero-order valence-electron chi connectivity index (χ0n) is 22.6. The van der Waals surface area contributed by atoms with Crippen molar-refractivity contribution < 1.29 is 24.9 Å². The van der Waals surface area contributed by atoms with Crippen LogP contribution in [0.15, 0.2) is 34.9 Å². The first kappa shape index (κ1) is 27.7. The van der Waals surface area contributed by atoms with Crippen molar-refractivity contribution >= 4 is 11.9 Å². The van der Waals surface area contributed by atoms with Gasteiger partial charge in [-0.1, -0.05) is 55.7 Å². The Morgan fingerprint density at radius 1 is 1.11 bits per heavy atom. The predicted molar refractivity (Wildman–Crippen MR) is 139 cm³/mol. The Labute approximate surface area is 211 Å². The normalized spacial score (nSPS) is 37.3. The van der Waals surface area contributed by atoms with Crippen LogP contribution in [0.4, 0.5) is 0 Å². The first-order valence-corrected chi connectivity index (χ1v) is 13.3. The van der Waals surface area contributed by atoms with Crippen molar-refractivity contribution in [2.45, 2.75) is 105 Å². The number of hydrogen-bond donors (Lipinski definition) is 3. The maximum Gasteiger partial charge on any atom is 0.306 e. The second-order valence-electron chi connectivity index (χ2n) is 12.6. The molecule has 5 nitrogen and oxygen atoms in total. The van der Waals surface area contributed by atoms with Gasteiger partial charge in [0.25, 0.3) is 0 Å². The van der Waals surface area contributed by atoms with Crippen LogP contribution in [-0.4, -0.2) is 33.4 Å². The Morgan fingerprint density at radius 3 is 2.31 bits per heavy atom. The fraction of sp³-hybridized carbons (Fsp3) is 0.733. The van der Waals surface area contributed by atoms with E-state index in [0.29, 0.717) is 25.7 Å². The Hall–Kier alpha value is -1.88. The Balaban J connectivity index is 2.06. The van der Waals surface area contributed by atoms with Gasteiger partial charge in [-0.05, 0) is 94.3 Å². The van der Waals surface area contributed by atoms with Gasteiger partial charge >= 0.3 is 11.9 Å². The topological polar surface area (TPSA) is 94.8 Å². The van der Waals surface area contributed by atoms with Crippen LogP contribution < -0.4 is 0 Å². The number of carboxylic acid groups (broad SMARTS) is 2. The van der Waals surface area contributed by atoms with Gasteiger partial charge in [-0.2, -0.15) is 0 Å². The molecule has 35 heavy (non-hydrogen) atoms. The van der Waals surface area contributed by atoms with Crippen molar-refractivity contribution in [3.63, 3.8) is 0 Å². The minimum atomic E-state index is -0.807. The second kappa shape index (κ2) is 9.88. The molecule has 0 amide bonds. The zero-order valence-corrected chi connectivity index (χ0v) is 22.6. The van der Waals surface area contributed by atoms with Crippen LogP contribution in [0.25, 0.3) is 0 Å². The van der Waals surface area contributed by atoms with E-state index in [2.05, 4.69) is 40.3 Å². The lowest BCUT2D eigenvalue weighted by Gasteiger charge is -2.57. The third-order valence-electron chi connectivity index (χ3n) is 10.3. The molecule has 0 aliphatic heterocycles. The minimum Gasteiger partial charge on any atom is -0.481 e. The van der Waals surface area contributed by atoms with Crippen molar-refractivity contribution in [2.75, 3.05) is 0 Å². The van der Waals surface area contributed by atoms with E-state index in [1.807, 2.05) is 13.8 Å². The molecule has 0 aromatic carbocycles. The fourth-order valence-corrected chi connectivity index (χ4v) is 8.43. The monoisotopic (exact) mass is 486 g/mol. The van der Waals surface area contributed by atoms with E-state index in [9.17, 15) is 24.9 Å². The summed E-state index contributed by atoms with van der Waals surface area (Å²) in [5.41, 5.74) is 4.15. The minimum absolute atomic E-state index is 0.127. The molecular weight excluding hydrogens is 440 g/mol. The first-order chi connectivity index (χ1) is 16.2. The smallest absolute Gasteiger partial charge is 0.306 e. The summed E-state index contributed by atoms with van der Waals surface area (Å²) in [5.74, 6) is -2.22. The number of fused-ring (bicyclic) bond motifs is 2. The summed E-state index contributed by atoms with van der Waals surface area (Å²) < 4.78 is 0. The van der Waals surface area contributed by atoms with Gasteiger partial charge in [0.15, 0.2) is 0 Å². The molecule has 3 aliphatic carbocycles. The summed E-state index contributed by atoms with van der Waals surface area (Å²) in [6.45, 7) is 17.1. The molecule has 3 N–H and O–H groups in total. The summed E-state index contributed by atoms with van der Waals surface area (Å²) in [5, 5.41) is 31.1. The lowest BCUT2D eigenvalue weighted by atomic mass is 9.47. The molecule has 1 saturated carbocycles. The largest absolute Gasteiger partial charge is 0.481 e. The summed E-state index contributed by atoms with van der Waals surface area (Å²) in [7, 11) is 0. The molecule has 0 aromatic rings. The molecule has 196 valence electrons. The number of carboxylic acids is 2. The molecule has 0 saturated heterocycles. The highest BCUT2D eigenvalue weighted by Crippen LogP contribution is 2.71. The maximum atomic E-state index is 12.5. The Bertz CT molecular complexity index is 940. The van der Waals surface area contributed by atoms with Crippen LogP contribution in [0.1, 0.15) is 99.3 Å². The number of allylic oxidation sites excluding steroid dienone is 5. The lowest BCUT2D eigenvalue weighted by Crippen LogP contribution is -2.49. The average Bonchev–Trinajstić information content (AvgIpc) is 2.95. The lowest BCUT2D eigenvalue weighted by molar-refractivity contribution is -0.148. The molecular formula is C30H46O5. The third kappa shape index (κ3) is 4.65. The van der Waals surface area contributed by atoms with Gasteiger partial charge in [0.1, 0.15) is 0 Å².